The summed E-state index contributed by atoms with van der Waals surface area (Å²) in [5.74, 6) is 0. The predicted molar refractivity (Wildman–Crippen MR) is 42.8 cm³/mol. The SMILES string of the molecule is CCCC(C)N.O=P(O)(O)O. The summed E-state index contributed by atoms with van der Waals surface area (Å²) in [5, 5.41) is 0. The molecule has 0 bridgehead atoms. The summed E-state index contributed by atoms with van der Waals surface area (Å²) in [5.41, 5.74) is 5.40. The molecular weight excluding hydrogens is 169 g/mol. The molecule has 0 aliphatic heterocycles. The zero-order chi connectivity index (χ0) is 9.49. The number of phosphoric acid groups is 1. The standard InChI is InChI=1S/C5H13N.H3O4P/c1-3-4-5(2)6;1-5(2,3)4/h5H,3-4,6H2,1-2H3;(H3,1,2,3,4). The Hall–Kier alpha value is 0.0700. The molecule has 0 heterocycles. The van der Waals surface area contributed by atoms with Crippen LogP contribution in [0.2, 0.25) is 0 Å². The van der Waals surface area contributed by atoms with Crippen LogP contribution >= 0.6 is 7.82 Å². The van der Waals surface area contributed by atoms with Crippen LogP contribution in [-0.4, -0.2) is 20.7 Å². The lowest BCUT2D eigenvalue weighted by Gasteiger charge is -1.96. The molecule has 0 spiro atoms. The van der Waals surface area contributed by atoms with Gasteiger partial charge in [-0.15, -0.1) is 0 Å². The van der Waals surface area contributed by atoms with Crippen molar-refractivity contribution in [3.63, 3.8) is 0 Å². The van der Waals surface area contributed by atoms with E-state index in [1.54, 1.807) is 0 Å². The average Bonchev–Trinajstić information content (AvgIpc) is 1.58. The van der Waals surface area contributed by atoms with Crippen LogP contribution in [0.4, 0.5) is 0 Å². The van der Waals surface area contributed by atoms with Gasteiger partial charge in [0.15, 0.2) is 0 Å². The molecule has 0 aromatic heterocycles. The first-order chi connectivity index (χ1) is 4.77. The lowest BCUT2D eigenvalue weighted by molar-refractivity contribution is 0.275. The second-order valence-electron chi connectivity index (χ2n) is 2.28. The van der Waals surface area contributed by atoms with Gasteiger partial charge in [0.05, 0.1) is 0 Å². The number of nitrogens with two attached hydrogens (primary N) is 1. The minimum absolute atomic E-state index is 0.398. The van der Waals surface area contributed by atoms with Crippen LogP contribution in [0.3, 0.4) is 0 Å². The summed E-state index contributed by atoms with van der Waals surface area (Å²) in [6.45, 7) is 4.17. The van der Waals surface area contributed by atoms with Crippen LogP contribution in [0.15, 0.2) is 0 Å². The van der Waals surface area contributed by atoms with E-state index in [0.29, 0.717) is 6.04 Å². The van der Waals surface area contributed by atoms with Gasteiger partial charge >= 0.3 is 7.82 Å². The molecule has 5 nitrogen and oxygen atoms in total. The Kier molecular flexibility index (Phi) is 8.39. The minimum Gasteiger partial charge on any atom is -0.328 e. The van der Waals surface area contributed by atoms with Crippen molar-refractivity contribution in [1.82, 2.24) is 0 Å². The lowest BCUT2D eigenvalue weighted by atomic mass is 10.2. The summed E-state index contributed by atoms with van der Waals surface area (Å²) < 4.78 is 8.88. The Morgan fingerprint density at radius 2 is 1.73 bits per heavy atom. The minimum atomic E-state index is -4.64. The van der Waals surface area contributed by atoms with Crippen molar-refractivity contribution >= 4 is 7.82 Å². The van der Waals surface area contributed by atoms with Crippen molar-refractivity contribution in [1.29, 1.82) is 0 Å². The van der Waals surface area contributed by atoms with Gasteiger partial charge in [0.1, 0.15) is 0 Å². The number of hydrogen-bond donors (Lipinski definition) is 4. The molecule has 0 aliphatic carbocycles. The van der Waals surface area contributed by atoms with E-state index < -0.39 is 7.82 Å². The van der Waals surface area contributed by atoms with Crippen molar-refractivity contribution in [3.8, 4) is 0 Å². The van der Waals surface area contributed by atoms with E-state index in [0.717, 1.165) is 6.42 Å². The van der Waals surface area contributed by atoms with Crippen LogP contribution < -0.4 is 5.73 Å². The van der Waals surface area contributed by atoms with Crippen LogP contribution in [0, 0.1) is 0 Å². The van der Waals surface area contributed by atoms with E-state index in [1.165, 1.54) is 6.42 Å². The maximum absolute atomic E-state index is 8.88. The first kappa shape index (κ1) is 13.6. The Balaban J connectivity index is 0. The summed E-state index contributed by atoms with van der Waals surface area (Å²) >= 11 is 0. The molecule has 1 atom stereocenters. The molecule has 6 heteroatoms. The molecule has 0 saturated heterocycles. The van der Waals surface area contributed by atoms with Gasteiger partial charge in [0, 0.05) is 6.04 Å². The highest BCUT2D eigenvalue weighted by atomic mass is 31.2. The quantitative estimate of drug-likeness (QED) is 0.460. The molecular formula is C5H16NO4P. The monoisotopic (exact) mass is 185 g/mol. The summed E-state index contributed by atoms with van der Waals surface area (Å²) in [6, 6.07) is 0.398. The van der Waals surface area contributed by atoms with Crippen molar-refractivity contribution in [2.75, 3.05) is 0 Å². The van der Waals surface area contributed by atoms with Crippen molar-refractivity contribution in [2.24, 2.45) is 5.73 Å². The number of rotatable bonds is 2. The van der Waals surface area contributed by atoms with Crippen molar-refractivity contribution in [2.45, 2.75) is 32.7 Å². The van der Waals surface area contributed by atoms with E-state index in [4.69, 9.17) is 25.0 Å². The van der Waals surface area contributed by atoms with Crippen LogP contribution in [0.25, 0.3) is 0 Å². The summed E-state index contributed by atoms with van der Waals surface area (Å²) in [7, 11) is -4.64. The molecule has 70 valence electrons. The first-order valence-corrected chi connectivity index (χ1v) is 4.87. The topological polar surface area (TPSA) is 104 Å². The zero-order valence-corrected chi connectivity index (χ0v) is 7.66. The van der Waals surface area contributed by atoms with Crippen molar-refractivity contribution < 1.29 is 19.2 Å². The van der Waals surface area contributed by atoms with Crippen LogP contribution in [0.5, 0.6) is 0 Å². The third-order valence-electron chi connectivity index (χ3n) is 0.744. The van der Waals surface area contributed by atoms with Gasteiger partial charge in [-0.1, -0.05) is 13.3 Å². The molecule has 0 saturated carbocycles. The summed E-state index contributed by atoms with van der Waals surface area (Å²) in [4.78, 5) is 21.6. The van der Waals surface area contributed by atoms with Gasteiger partial charge in [0.25, 0.3) is 0 Å². The molecule has 0 fully saturated rings. The Morgan fingerprint density at radius 1 is 1.45 bits per heavy atom. The number of hydrogen-bond acceptors (Lipinski definition) is 2. The fourth-order valence-corrected chi connectivity index (χ4v) is 0.455. The van der Waals surface area contributed by atoms with Gasteiger partial charge in [-0.05, 0) is 13.3 Å². The van der Waals surface area contributed by atoms with E-state index in [1.807, 2.05) is 6.92 Å². The zero-order valence-electron chi connectivity index (χ0n) is 6.77. The molecule has 0 radical (unpaired) electrons. The third-order valence-corrected chi connectivity index (χ3v) is 0.744. The molecule has 0 aromatic carbocycles. The van der Waals surface area contributed by atoms with E-state index in [9.17, 15) is 0 Å². The fraction of sp³-hybridized carbons (Fsp3) is 1.00. The Labute approximate surface area is 66.5 Å². The normalized spacial score (nSPS) is 13.3. The van der Waals surface area contributed by atoms with Gasteiger partial charge in [0.2, 0.25) is 0 Å². The third kappa shape index (κ3) is 69.6. The van der Waals surface area contributed by atoms with E-state index in [2.05, 4.69) is 6.92 Å². The second-order valence-corrected chi connectivity index (χ2v) is 3.31. The lowest BCUT2D eigenvalue weighted by Crippen LogP contribution is -2.13. The van der Waals surface area contributed by atoms with Crippen LogP contribution in [-0.2, 0) is 4.57 Å². The maximum Gasteiger partial charge on any atom is 0.466 e. The van der Waals surface area contributed by atoms with Crippen molar-refractivity contribution in [3.05, 3.63) is 0 Å². The maximum atomic E-state index is 8.88. The van der Waals surface area contributed by atoms with E-state index in [-0.39, 0.29) is 0 Å². The average molecular weight is 185 g/mol. The first-order valence-electron chi connectivity index (χ1n) is 3.31. The fourth-order valence-electron chi connectivity index (χ4n) is 0.455. The molecule has 11 heavy (non-hydrogen) atoms. The largest absolute Gasteiger partial charge is 0.466 e. The summed E-state index contributed by atoms with van der Waals surface area (Å²) in [6.07, 6.45) is 2.36. The smallest absolute Gasteiger partial charge is 0.328 e. The Morgan fingerprint density at radius 3 is 1.73 bits per heavy atom. The molecule has 0 aliphatic rings. The Bertz CT molecular complexity index is 113. The second kappa shape index (κ2) is 6.76. The van der Waals surface area contributed by atoms with Gasteiger partial charge in [-0.2, -0.15) is 0 Å². The van der Waals surface area contributed by atoms with E-state index >= 15 is 0 Å². The van der Waals surface area contributed by atoms with Gasteiger partial charge < -0.3 is 20.4 Å². The molecule has 0 rings (SSSR count). The highest BCUT2D eigenvalue weighted by Gasteiger charge is 2.00. The molecule has 5 N–H and O–H groups in total. The van der Waals surface area contributed by atoms with Gasteiger partial charge in [-0.25, -0.2) is 4.57 Å². The highest BCUT2D eigenvalue weighted by Crippen LogP contribution is 2.25. The predicted octanol–water partition coefficient (Wildman–Crippen LogP) is 0.205. The molecule has 0 amide bonds. The molecule has 0 aromatic rings. The van der Waals surface area contributed by atoms with Gasteiger partial charge in [-0.3, -0.25) is 0 Å². The van der Waals surface area contributed by atoms with Crippen LogP contribution in [0.1, 0.15) is 26.7 Å². The molecule has 1 unspecified atom stereocenters. The highest BCUT2D eigenvalue weighted by molar-refractivity contribution is 7.45.